The molecule has 0 saturated carbocycles. The van der Waals surface area contributed by atoms with E-state index in [0.717, 1.165) is 49.8 Å². The predicted octanol–water partition coefficient (Wildman–Crippen LogP) is 2.17. The van der Waals surface area contributed by atoms with Crippen LogP contribution in [-0.4, -0.2) is 47.8 Å². The third kappa shape index (κ3) is 3.67. The molecule has 1 aromatic heterocycles. The summed E-state index contributed by atoms with van der Waals surface area (Å²) in [5.41, 5.74) is 3.53. The third-order valence-electron chi connectivity index (χ3n) is 4.13. The number of rotatable bonds is 5. The Morgan fingerprint density at radius 3 is 3.14 bits per heavy atom. The topological polar surface area (TPSA) is 50.4 Å². The number of aromatic nitrogens is 2. The number of aromatic amines is 1. The first-order valence-corrected chi connectivity index (χ1v) is 7.70. The van der Waals surface area contributed by atoms with Crippen molar-refractivity contribution in [1.29, 1.82) is 0 Å². The first kappa shape index (κ1) is 15.1. The van der Waals surface area contributed by atoms with Crippen molar-refractivity contribution in [2.24, 2.45) is 0 Å². The second-order valence-electron chi connectivity index (χ2n) is 5.76. The number of nitrogens with zero attached hydrogens (tertiary/aromatic N) is 2. The van der Waals surface area contributed by atoms with Crippen molar-refractivity contribution in [3.63, 3.8) is 0 Å². The van der Waals surface area contributed by atoms with Gasteiger partial charge in [0.25, 0.3) is 0 Å². The molecule has 1 aliphatic heterocycles. The highest BCUT2D eigenvalue weighted by molar-refractivity contribution is 5.28. The zero-order valence-corrected chi connectivity index (χ0v) is 13.2. The van der Waals surface area contributed by atoms with Crippen LogP contribution in [0.3, 0.4) is 0 Å². The van der Waals surface area contributed by atoms with Crippen LogP contribution in [0.2, 0.25) is 0 Å². The number of benzene rings is 1. The SMILES string of the molecule is COc1cccc(C[C@@H]2CN(Cc3nc[nH]c3C)CCO2)c1. The molecule has 1 saturated heterocycles. The lowest BCUT2D eigenvalue weighted by atomic mass is 10.1. The van der Waals surface area contributed by atoms with Gasteiger partial charge in [0.2, 0.25) is 0 Å². The monoisotopic (exact) mass is 301 g/mol. The van der Waals surface area contributed by atoms with E-state index in [1.807, 2.05) is 12.1 Å². The number of aryl methyl sites for hydroxylation is 1. The fraction of sp³-hybridized carbons (Fsp3) is 0.471. The summed E-state index contributed by atoms with van der Waals surface area (Å²) in [5, 5.41) is 0. The van der Waals surface area contributed by atoms with E-state index in [1.54, 1.807) is 13.4 Å². The molecule has 2 aromatic rings. The molecule has 1 fully saturated rings. The van der Waals surface area contributed by atoms with E-state index in [9.17, 15) is 0 Å². The molecule has 0 amide bonds. The average Bonchev–Trinajstić information content (AvgIpc) is 2.93. The molecule has 0 spiro atoms. The number of morpholine rings is 1. The van der Waals surface area contributed by atoms with Gasteiger partial charge in [0.15, 0.2) is 0 Å². The number of H-pyrrole nitrogens is 1. The van der Waals surface area contributed by atoms with Crippen LogP contribution in [0.4, 0.5) is 0 Å². The summed E-state index contributed by atoms with van der Waals surface area (Å²) in [7, 11) is 1.70. The van der Waals surface area contributed by atoms with Gasteiger partial charge in [-0.25, -0.2) is 4.98 Å². The Balaban J connectivity index is 1.59. The molecule has 0 radical (unpaired) electrons. The van der Waals surface area contributed by atoms with Crippen LogP contribution in [0.25, 0.3) is 0 Å². The molecular weight excluding hydrogens is 278 g/mol. The van der Waals surface area contributed by atoms with Gasteiger partial charge in [-0.05, 0) is 24.6 Å². The van der Waals surface area contributed by atoms with Crippen molar-refractivity contribution in [3.8, 4) is 5.75 Å². The first-order chi connectivity index (χ1) is 10.7. The van der Waals surface area contributed by atoms with E-state index < -0.39 is 0 Å². The highest BCUT2D eigenvalue weighted by atomic mass is 16.5. The molecule has 22 heavy (non-hydrogen) atoms. The lowest BCUT2D eigenvalue weighted by Crippen LogP contribution is -2.43. The lowest BCUT2D eigenvalue weighted by Gasteiger charge is -2.32. The summed E-state index contributed by atoms with van der Waals surface area (Å²) in [6.07, 6.45) is 2.90. The molecule has 2 heterocycles. The number of nitrogens with one attached hydrogen (secondary N) is 1. The quantitative estimate of drug-likeness (QED) is 0.919. The van der Waals surface area contributed by atoms with E-state index in [0.29, 0.717) is 0 Å². The Morgan fingerprint density at radius 2 is 2.36 bits per heavy atom. The van der Waals surface area contributed by atoms with Gasteiger partial charge >= 0.3 is 0 Å². The van der Waals surface area contributed by atoms with Crippen molar-refractivity contribution in [3.05, 3.63) is 47.5 Å². The van der Waals surface area contributed by atoms with Crippen molar-refractivity contribution in [2.75, 3.05) is 26.8 Å². The minimum Gasteiger partial charge on any atom is -0.497 e. The molecule has 1 atom stereocenters. The highest BCUT2D eigenvalue weighted by Gasteiger charge is 2.22. The zero-order chi connectivity index (χ0) is 15.4. The first-order valence-electron chi connectivity index (χ1n) is 7.70. The van der Waals surface area contributed by atoms with Gasteiger partial charge in [0.05, 0.1) is 31.8 Å². The third-order valence-corrected chi connectivity index (χ3v) is 4.13. The van der Waals surface area contributed by atoms with Crippen LogP contribution in [0.15, 0.2) is 30.6 Å². The van der Waals surface area contributed by atoms with Crippen LogP contribution in [-0.2, 0) is 17.7 Å². The summed E-state index contributed by atoms with van der Waals surface area (Å²) in [5.74, 6) is 0.900. The Morgan fingerprint density at radius 1 is 1.45 bits per heavy atom. The summed E-state index contributed by atoms with van der Waals surface area (Å²) >= 11 is 0. The van der Waals surface area contributed by atoms with Gasteiger partial charge in [-0.15, -0.1) is 0 Å². The van der Waals surface area contributed by atoms with Gasteiger partial charge in [-0.3, -0.25) is 4.90 Å². The van der Waals surface area contributed by atoms with Crippen LogP contribution in [0.5, 0.6) is 5.75 Å². The standard InChI is InChI=1S/C17H23N3O2/c1-13-17(19-12-18-13)11-20-6-7-22-16(10-20)9-14-4-3-5-15(8-14)21-2/h3-5,8,12,16H,6-7,9-11H2,1-2H3,(H,18,19)/t16-/m1/s1. The van der Waals surface area contributed by atoms with E-state index >= 15 is 0 Å². The molecule has 118 valence electrons. The van der Waals surface area contributed by atoms with E-state index in [2.05, 4.69) is 33.9 Å². The minimum atomic E-state index is 0.222. The minimum absolute atomic E-state index is 0.222. The van der Waals surface area contributed by atoms with Crippen molar-refractivity contribution in [2.45, 2.75) is 26.0 Å². The van der Waals surface area contributed by atoms with Gasteiger partial charge in [-0.1, -0.05) is 12.1 Å². The van der Waals surface area contributed by atoms with Crippen LogP contribution in [0.1, 0.15) is 17.0 Å². The number of imidazole rings is 1. The van der Waals surface area contributed by atoms with E-state index in [-0.39, 0.29) is 6.10 Å². The summed E-state index contributed by atoms with van der Waals surface area (Å²) in [4.78, 5) is 9.94. The Bertz CT molecular complexity index is 611. The molecular formula is C17H23N3O2. The molecule has 1 aromatic carbocycles. The predicted molar refractivity (Wildman–Crippen MR) is 85.0 cm³/mol. The fourth-order valence-corrected chi connectivity index (χ4v) is 2.87. The van der Waals surface area contributed by atoms with E-state index in [4.69, 9.17) is 9.47 Å². The fourth-order valence-electron chi connectivity index (χ4n) is 2.87. The zero-order valence-electron chi connectivity index (χ0n) is 13.2. The average molecular weight is 301 g/mol. The lowest BCUT2D eigenvalue weighted by molar-refractivity contribution is -0.0308. The smallest absolute Gasteiger partial charge is 0.119 e. The van der Waals surface area contributed by atoms with E-state index in [1.165, 1.54) is 5.56 Å². The number of ether oxygens (including phenoxy) is 2. The number of hydrogen-bond donors (Lipinski definition) is 1. The second-order valence-corrected chi connectivity index (χ2v) is 5.76. The molecule has 5 heteroatoms. The number of methoxy groups -OCH3 is 1. The maximum atomic E-state index is 5.92. The van der Waals surface area contributed by atoms with Crippen LogP contribution < -0.4 is 4.74 Å². The molecule has 5 nitrogen and oxygen atoms in total. The normalized spacial score (nSPS) is 19.3. The van der Waals surface area contributed by atoms with Gasteiger partial charge in [0, 0.05) is 31.7 Å². The Labute approximate surface area is 131 Å². The van der Waals surface area contributed by atoms with Crippen molar-refractivity contribution < 1.29 is 9.47 Å². The second kappa shape index (κ2) is 6.94. The van der Waals surface area contributed by atoms with Crippen molar-refractivity contribution in [1.82, 2.24) is 14.9 Å². The Kier molecular flexibility index (Phi) is 4.75. The maximum absolute atomic E-state index is 5.92. The van der Waals surface area contributed by atoms with Gasteiger partial charge in [-0.2, -0.15) is 0 Å². The summed E-state index contributed by atoms with van der Waals surface area (Å²) in [6.45, 7) is 5.62. The molecule has 0 bridgehead atoms. The van der Waals surface area contributed by atoms with Crippen LogP contribution in [0, 0.1) is 6.92 Å². The molecule has 1 aliphatic rings. The molecule has 1 N–H and O–H groups in total. The molecule has 0 unspecified atom stereocenters. The maximum Gasteiger partial charge on any atom is 0.119 e. The molecule has 0 aliphatic carbocycles. The van der Waals surface area contributed by atoms with Crippen molar-refractivity contribution >= 4 is 0 Å². The highest BCUT2D eigenvalue weighted by Crippen LogP contribution is 2.18. The number of hydrogen-bond acceptors (Lipinski definition) is 4. The summed E-state index contributed by atoms with van der Waals surface area (Å²) in [6, 6.07) is 8.21. The molecule has 3 rings (SSSR count). The summed E-state index contributed by atoms with van der Waals surface area (Å²) < 4.78 is 11.2. The van der Waals surface area contributed by atoms with Crippen LogP contribution >= 0.6 is 0 Å². The largest absolute Gasteiger partial charge is 0.497 e. The van der Waals surface area contributed by atoms with Gasteiger partial charge in [0.1, 0.15) is 5.75 Å². The Hall–Kier alpha value is -1.85. The van der Waals surface area contributed by atoms with Gasteiger partial charge < -0.3 is 14.5 Å².